The molecule has 0 amide bonds. The Kier molecular flexibility index (Phi) is 17.0. The molecule has 0 aromatic heterocycles. The van der Waals surface area contributed by atoms with Gasteiger partial charge in [0.1, 0.15) is 0 Å². The highest BCUT2D eigenvalue weighted by Crippen LogP contribution is 2.25. The number of likely N-dealkylation sites (tertiary alicyclic amines) is 2. The minimum absolute atomic E-state index is 0.862. The maximum Gasteiger partial charge on any atom is 0.00160 e. The highest BCUT2D eigenvalue weighted by atomic mass is 15.1. The summed E-state index contributed by atoms with van der Waals surface area (Å²) in [5.74, 6) is 2.64. The Morgan fingerprint density at radius 2 is 1.21 bits per heavy atom. The summed E-state index contributed by atoms with van der Waals surface area (Å²) in [6.07, 6.45) is 25.6. The summed E-state index contributed by atoms with van der Waals surface area (Å²) in [5, 5.41) is 0. The van der Waals surface area contributed by atoms with E-state index in [2.05, 4.69) is 108 Å². The fourth-order valence-corrected chi connectivity index (χ4v) is 6.64. The van der Waals surface area contributed by atoms with Gasteiger partial charge in [0.2, 0.25) is 0 Å². The minimum Gasteiger partial charge on any atom is -0.303 e. The van der Waals surface area contributed by atoms with E-state index < -0.39 is 0 Å². The summed E-state index contributed by atoms with van der Waals surface area (Å²) in [4.78, 5) is 5.29. The van der Waals surface area contributed by atoms with Crippen molar-refractivity contribution in [2.75, 3.05) is 39.3 Å². The van der Waals surface area contributed by atoms with Gasteiger partial charge in [0, 0.05) is 6.54 Å². The largest absolute Gasteiger partial charge is 0.303 e. The number of hydrogen-bond donors (Lipinski definition) is 0. The van der Waals surface area contributed by atoms with Crippen LogP contribution in [0.1, 0.15) is 68.9 Å². The van der Waals surface area contributed by atoms with E-state index in [1.165, 1.54) is 115 Å². The molecule has 2 aromatic carbocycles. The van der Waals surface area contributed by atoms with Crippen molar-refractivity contribution in [2.45, 2.75) is 70.6 Å². The average molecular weight is 567 g/mol. The highest BCUT2D eigenvalue weighted by molar-refractivity contribution is 5.16. The van der Waals surface area contributed by atoms with E-state index in [4.69, 9.17) is 0 Å². The molecule has 1 atom stereocenters. The van der Waals surface area contributed by atoms with Gasteiger partial charge in [-0.3, -0.25) is 0 Å². The molecule has 2 aromatic rings. The molecular formula is C40H58N2. The molecule has 228 valence electrons. The number of benzene rings is 2. The van der Waals surface area contributed by atoms with Crippen molar-refractivity contribution in [1.82, 2.24) is 9.80 Å². The van der Waals surface area contributed by atoms with Crippen LogP contribution in [0.4, 0.5) is 0 Å². The normalized spacial score (nSPS) is 20.3. The van der Waals surface area contributed by atoms with Crippen LogP contribution < -0.4 is 0 Å². The second-order valence-electron chi connectivity index (χ2n) is 12.3. The molecule has 2 heterocycles. The van der Waals surface area contributed by atoms with E-state index in [-0.39, 0.29) is 0 Å². The quantitative estimate of drug-likeness (QED) is 0.197. The van der Waals surface area contributed by atoms with E-state index >= 15 is 0 Å². The smallest absolute Gasteiger partial charge is 0.00160 e. The van der Waals surface area contributed by atoms with Crippen LogP contribution in [0.25, 0.3) is 0 Å². The van der Waals surface area contributed by atoms with Crippen molar-refractivity contribution in [3.05, 3.63) is 122 Å². The van der Waals surface area contributed by atoms with Crippen LogP contribution in [0, 0.1) is 17.8 Å². The number of nitrogens with zero attached hydrogens (tertiary/aromatic N) is 2. The summed E-state index contributed by atoms with van der Waals surface area (Å²) < 4.78 is 0. The van der Waals surface area contributed by atoms with E-state index in [1.54, 1.807) is 0 Å². The van der Waals surface area contributed by atoms with Crippen molar-refractivity contribution in [1.29, 1.82) is 0 Å². The Labute approximate surface area is 258 Å². The van der Waals surface area contributed by atoms with Crippen molar-refractivity contribution >= 4 is 0 Å². The fourth-order valence-electron chi connectivity index (χ4n) is 6.64. The van der Waals surface area contributed by atoms with Crippen molar-refractivity contribution in [3.63, 3.8) is 0 Å². The summed E-state index contributed by atoms with van der Waals surface area (Å²) >= 11 is 0. The van der Waals surface area contributed by atoms with Crippen molar-refractivity contribution < 1.29 is 0 Å². The molecule has 2 fully saturated rings. The van der Waals surface area contributed by atoms with Gasteiger partial charge in [0.15, 0.2) is 0 Å². The molecule has 2 aliphatic heterocycles. The van der Waals surface area contributed by atoms with E-state index in [0.29, 0.717) is 0 Å². The maximum atomic E-state index is 3.69. The lowest BCUT2D eigenvalue weighted by atomic mass is 9.89. The molecular weight excluding hydrogens is 508 g/mol. The predicted octanol–water partition coefficient (Wildman–Crippen LogP) is 9.56. The molecule has 0 saturated carbocycles. The molecule has 0 N–H and O–H groups in total. The third kappa shape index (κ3) is 13.5. The Balaban J connectivity index is 0.000000219. The highest BCUT2D eigenvalue weighted by Gasteiger charge is 2.20. The third-order valence-electron chi connectivity index (χ3n) is 9.20. The molecule has 0 bridgehead atoms. The van der Waals surface area contributed by atoms with Gasteiger partial charge in [-0.2, -0.15) is 0 Å². The number of allylic oxidation sites excluding steroid dienone is 4. The Morgan fingerprint density at radius 3 is 1.69 bits per heavy atom. The van der Waals surface area contributed by atoms with Gasteiger partial charge in [0.25, 0.3) is 0 Å². The molecule has 2 heteroatoms. The zero-order chi connectivity index (χ0) is 29.7. The maximum absolute atomic E-state index is 3.69. The van der Waals surface area contributed by atoms with E-state index in [1.807, 2.05) is 12.2 Å². The van der Waals surface area contributed by atoms with E-state index in [0.717, 1.165) is 24.2 Å². The van der Waals surface area contributed by atoms with Crippen LogP contribution in [-0.4, -0.2) is 49.1 Å². The topological polar surface area (TPSA) is 6.48 Å². The van der Waals surface area contributed by atoms with Gasteiger partial charge in [-0.1, -0.05) is 97.6 Å². The van der Waals surface area contributed by atoms with Crippen molar-refractivity contribution in [3.8, 4) is 0 Å². The van der Waals surface area contributed by atoms with Crippen LogP contribution in [0.5, 0.6) is 0 Å². The van der Waals surface area contributed by atoms with Crippen LogP contribution in [-0.2, 0) is 12.8 Å². The minimum atomic E-state index is 0.862. The Morgan fingerprint density at radius 1 is 0.690 bits per heavy atom. The van der Waals surface area contributed by atoms with Gasteiger partial charge in [-0.15, -0.1) is 13.2 Å². The first-order valence-corrected chi connectivity index (χ1v) is 16.7. The van der Waals surface area contributed by atoms with Crippen LogP contribution >= 0.6 is 0 Å². The average Bonchev–Trinajstić information content (AvgIpc) is 3.06. The molecule has 42 heavy (non-hydrogen) atoms. The van der Waals surface area contributed by atoms with Crippen LogP contribution in [0.3, 0.4) is 0 Å². The van der Waals surface area contributed by atoms with Gasteiger partial charge in [0.05, 0.1) is 0 Å². The lowest BCUT2D eigenvalue weighted by Crippen LogP contribution is -2.35. The molecule has 5 rings (SSSR count). The first-order valence-electron chi connectivity index (χ1n) is 16.7. The summed E-state index contributed by atoms with van der Waals surface area (Å²) in [6.45, 7) is 17.4. The first-order chi connectivity index (χ1) is 20.8. The van der Waals surface area contributed by atoms with E-state index in [9.17, 15) is 0 Å². The molecule has 0 spiro atoms. The molecule has 1 unspecified atom stereocenters. The van der Waals surface area contributed by atoms with Crippen LogP contribution in [0.15, 0.2) is 111 Å². The fraction of sp³-hybridized carbons (Fsp3) is 0.500. The monoisotopic (exact) mass is 566 g/mol. The number of hydrogen-bond acceptors (Lipinski definition) is 2. The lowest BCUT2D eigenvalue weighted by Gasteiger charge is -2.33. The van der Waals surface area contributed by atoms with Crippen LogP contribution in [0.2, 0.25) is 0 Å². The summed E-state index contributed by atoms with van der Waals surface area (Å²) in [7, 11) is 0. The standard InChI is InChI=1S/C20H29N.C18H25N.C2H4/c1-3-7-18(8-4-1)11-14-21-15-12-20(13-16-21)17-19-9-5-2-6-10-19;1-2-3-4-8-13-19-14-11-18(12-15-19)16-17-9-6-5-7-10-17;1-2/h2-3,5-7,9-10,18,20H,1,4,8,11-17H2;2-7,9-10,18H,1,8,11-16H2;1-2H2/b;4-3+;. The Bertz CT molecular complexity index is 994. The molecule has 0 radical (unpaired) electrons. The zero-order valence-electron chi connectivity index (χ0n) is 26.4. The molecule has 2 nitrogen and oxygen atoms in total. The molecule has 3 aliphatic rings. The van der Waals surface area contributed by atoms with Gasteiger partial charge < -0.3 is 9.80 Å². The van der Waals surface area contributed by atoms with Gasteiger partial charge in [-0.05, 0) is 132 Å². The van der Waals surface area contributed by atoms with Gasteiger partial charge in [-0.25, -0.2) is 0 Å². The molecule has 1 aliphatic carbocycles. The first kappa shape index (κ1) is 33.8. The number of rotatable bonds is 11. The van der Waals surface area contributed by atoms with Crippen molar-refractivity contribution in [2.24, 2.45) is 17.8 Å². The third-order valence-corrected chi connectivity index (χ3v) is 9.20. The Hall–Kier alpha value is -2.68. The zero-order valence-corrected chi connectivity index (χ0v) is 26.4. The molecule has 2 saturated heterocycles. The second-order valence-corrected chi connectivity index (χ2v) is 12.3. The SMILES string of the molecule is C1=CC(CCN2CCC(Cc3ccccc3)CC2)CCC1.C=C.C=C/C=C/CCN1CCC(Cc2ccccc2)CC1. The second kappa shape index (κ2) is 21.1. The predicted molar refractivity (Wildman–Crippen MR) is 185 cm³/mol. The summed E-state index contributed by atoms with van der Waals surface area (Å²) in [5.41, 5.74) is 3.01. The number of piperidine rings is 2. The summed E-state index contributed by atoms with van der Waals surface area (Å²) in [6, 6.07) is 21.9. The lowest BCUT2D eigenvalue weighted by molar-refractivity contribution is 0.175. The van der Waals surface area contributed by atoms with Gasteiger partial charge >= 0.3 is 0 Å².